The maximum absolute atomic E-state index is 11.9. The third kappa shape index (κ3) is 4.09. The highest BCUT2D eigenvalue weighted by Crippen LogP contribution is 2.38. The number of nitrogens with zero attached hydrogens (tertiary/aromatic N) is 4. The Bertz CT molecular complexity index is 974. The van der Waals surface area contributed by atoms with Crippen molar-refractivity contribution in [3.8, 4) is 11.6 Å². The van der Waals surface area contributed by atoms with Gasteiger partial charge < -0.3 is 9.64 Å². The lowest BCUT2D eigenvalue weighted by Gasteiger charge is -2.22. The molecule has 1 aromatic heterocycles. The number of anilines is 2. The first-order valence-electron chi connectivity index (χ1n) is 9.13. The van der Waals surface area contributed by atoms with Crippen molar-refractivity contribution in [1.82, 2.24) is 9.97 Å². The van der Waals surface area contributed by atoms with Gasteiger partial charge >= 0.3 is 11.6 Å². The molecule has 3 rings (SSSR count). The van der Waals surface area contributed by atoms with E-state index in [2.05, 4.69) is 16.9 Å². The number of aryl methyl sites for hydroxylation is 2. The van der Waals surface area contributed by atoms with Crippen molar-refractivity contribution in [3.63, 3.8) is 0 Å². The van der Waals surface area contributed by atoms with E-state index in [1.807, 2.05) is 50.2 Å². The Morgan fingerprint density at radius 3 is 2.46 bits per heavy atom. The predicted molar refractivity (Wildman–Crippen MR) is 108 cm³/mol. The quantitative estimate of drug-likeness (QED) is 0.415. The largest absolute Gasteiger partial charge is 0.434 e. The van der Waals surface area contributed by atoms with Gasteiger partial charge in [0.05, 0.1) is 4.92 Å². The van der Waals surface area contributed by atoms with Crippen molar-refractivity contribution >= 4 is 17.2 Å². The van der Waals surface area contributed by atoms with Gasteiger partial charge in [-0.05, 0) is 55.7 Å². The lowest BCUT2D eigenvalue weighted by Crippen LogP contribution is -2.19. The molecular weight excluding hydrogens is 356 g/mol. The van der Waals surface area contributed by atoms with E-state index < -0.39 is 4.92 Å². The molecule has 0 saturated heterocycles. The summed E-state index contributed by atoms with van der Waals surface area (Å²) in [5.41, 5.74) is 2.77. The van der Waals surface area contributed by atoms with Crippen molar-refractivity contribution in [2.24, 2.45) is 0 Å². The minimum Gasteiger partial charge on any atom is -0.434 e. The zero-order valence-corrected chi connectivity index (χ0v) is 16.1. The second-order valence-electron chi connectivity index (χ2n) is 6.29. The number of benzene rings is 2. The van der Waals surface area contributed by atoms with Gasteiger partial charge in [0.25, 0.3) is 0 Å². The fourth-order valence-corrected chi connectivity index (χ4v) is 2.94. The first-order valence-corrected chi connectivity index (χ1v) is 9.13. The van der Waals surface area contributed by atoms with Crippen LogP contribution < -0.4 is 9.64 Å². The zero-order valence-electron chi connectivity index (χ0n) is 16.1. The van der Waals surface area contributed by atoms with Crippen LogP contribution >= 0.6 is 0 Å². The van der Waals surface area contributed by atoms with Crippen LogP contribution in [0.1, 0.15) is 25.0 Å². The standard InChI is InChI=1S/C21H22N4O3/c1-4-16-9-11-18(12-10-16)28-21-19(25(26)27)20(22-14-23-21)24(5-2)17-8-6-7-15(3)13-17/h6-14H,4-5H2,1-3H3. The molecule has 2 aromatic carbocycles. The number of hydrogen-bond donors (Lipinski definition) is 0. The Morgan fingerprint density at radius 1 is 1.11 bits per heavy atom. The summed E-state index contributed by atoms with van der Waals surface area (Å²) in [6, 6.07) is 15.1. The molecule has 7 nitrogen and oxygen atoms in total. The molecule has 0 radical (unpaired) electrons. The second kappa shape index (κ2) is 8.47. The molecule has 0 aliphatic rings. The van der Waals surface area contributed by atoms with Crippen LogP contribution in [0, 0.1) is 17.0 Å². The lowest BCUT2D eigenvalue weighted by molar-refractivity contribution is -0.385. The molecule has 3 aromatic rings. The molecule has 0 saturated carbocycles. The van der Waals surface area contributed by atoms with E-state index in [-0.39, 0.29) is 17.4 Å². The predicted octanol–water partition coefficient (Wildman–Crippen LogP) is 5.21. The molecule has 1 heterocycles. The van der Waals surface area contributed by atoms with E-state index in [4.69, 9.17) is 4.74 Å². The average molecular weight is 378 g/mol. The maximum Gasteiger partial charge on any atom is 0.373 e. The van der Waals surface area contributed by atoms with Crippen LogP contribution in [0.3, 0.4) is 0 Å². The molecule has 144 valence electrons. The minimum absolute atomic E-state index is 0.0784. The van der Waals surface area contributed by atoms with Gasteiger partial charge in [0, 0.05) is 12.2 Å². The van der Waals surface area contributed by atoms with Gasteiger partial charge in [0.1, 0.15) is 12.1 Å². The molecular formula is C21H22N4O3. The van der Waals surface area contributed by atoms with E-state index in [9.17, 15) is 10.1 Å². The van der Waals surface area contributed by atoms with E-state index >= 15 is 0 Å². The smallest absolute Gasteiger partial charge is 0.373 e. The van der Waals surface area contributed by atoms with Gasteiger partial charge in [0.15, 0.2) is 0 Å². The van der Waals surface area contributed by atoms with Crippen molar-refractivity contribution in [2.75, 3.05) is 11.4 Å². The minimum atomic E-state index is -0.496. The highest BCUT2D eigenvalue weighted by molar-refractivity contribution is 5.71. The van der Waals surface area contributed by atoms with Crippen molar-refractivity contribution < 1.29 is 9.66 Å². The van der Waals surface area contributed by atoms with Crippen molar-refractivity contribution in [2.45, 2.75) is 27.2 Å². The maximum atomic E-state index is 11.9. The summed E-state index contributed by atoms with van der Waals surface area (Å²) in [4.78, 5) is 21.4. The molecule has 7 heteroatoms. The van der Waals surface area contributed by atoms with Crippen LogP contribution in [0.2, 0.25) is 0 Å². The summed E-state index contributed by atoms with van der Waals surface area (Å²) in [5, 5.41) is 11.9. The van der Waals surface area contributed by atoms with E-state index in [0.717, 1.165) is 23.2 Å². The van der Waals surface area contributed by atoms with Crippen molar-refractivity contribution in [1.29, 1.82) is 0 Å². The van der Waals surface area contributed by atoms with Gasteiger partial charge in [-0.25, -0.2) is 4.98 Å². The Hall–Kier alpha value is -3.48. The second-order valence-corrected chi connectivity index (χ2v) is 6.29. The SMILES string of the molecule is CCc1ccc(Oc2ncnc(N(CC)c3cccc(C)c3)c2[N+](=O)[O-])cc1. The van der Waals surface area contributed by atoms with Gasteiger partial charge in [0.2, 0.25) is 5.82 Å². The molecule has 0 N–H and O–H groups in total. The van der Waals surface area contributed by atoms with Crippen LogP contribution in [0.4, 0.5) is 17.2 Å². The zero-order chi connectivity index (χ0) is 20.1. The van der Waals surface area contributed by atoms with Crippen LogP contribution in [0.25, 0.3) is 0 Å². The molecule has 0 amide bonds. The fourth-order valence-electron chi connectivity index (χ4n) is 2.94. The number of nitro groups is 1. The van der Waals surface area contributed by atoms with E-state index in [1.165, 1.54) is 6.33 Å². The Morgan fingerprint density at radius 2 is 1.86 bits per heavy atom. The molecule has 0 aliphatic heterocycles. The summed E-state index contributed by atoms with van der Waals surface area (Å²) >= 11 is 0. The highest BCUT2D eigenvalue weighted by Gasteiger charge is 2.29. The summed E-state index contributed by atoms with van der Waals surface area (Å²) in [5.74, 6) is 0.613. The normalized spacial score (nSPS) is 10.5. The van der Waals surface area contributed by atoms with Gasteiger partial charge in [-0.2, -0.15) is 4.98 Å². The number of hydrogen-bond acceptors (Lipinski definition) is 6. The van der Waals surface area contributed by atoms with Crippen LogP contribution in [-0.2, 0) is 6.42 Å². The first kappa shape index (κ1) is 19.3. The molecule has 0 bridgehead atoms. The number of rotatable bonds is 7. The van der Waals surface area contributed by atoms with Gasteiger partial charge in [-0.1, -0.05) is 31.2 Å². The topological polar surface area (TPSA) is 81.4 Å². The number of ether oxygens (including phenoxy) is 1. The molecule has 0 spiro atoms. The monoisotopic (exact) mass is 378 g/mol. The average Bonchev–Trinajstić information content (AvgIpc) is 2.69. The molecule has 0 fully saturated rings. The van der Waals surface area contributed by atoms with Crippen LogP contribution in [-0.4, -0.2) is 21.4 Å². The first-order chi connectivity index (χ1) is 13.5. The molecule has 0 aliphatic carbocycles. The highest BCUT2D eigenvalue weighted by atomic mass is 16.6. The number of aromatic nitrogens is 2. The molecule has 0 atom stereocenters. The van der Waals surface area contributed by atoms with Crippen LogP contribution in [0.5, 0.6) is 11.6 Å². The lowest BCUT2D eigenvalue weighted by atomic mass is 10.2. The summed E-state index contributed by atoms with van der Waals surface area (Å²) in [6.07, 6.45) is 2.19. The van der Waals surface area contributed by atoms with Crippen molar-refractivity contribution in [3.05, 3.63) is 76.1 Å². The summed E-state index contributed by atoms with van der Waals surface area (Å²) in [7, 11) is 0. The fraction of sp³-hybridized carbons (Fsp3) is 0.238. The van der Waals surface area contributed by atoms with E-state index in [1.54, 1.807) is 17.0 Å². The summed E-state index contributed by atoms with van der Waals surface area (Å²) < 4.78 is 5.75. The molecule has 28 heavy (non-hydrogen) atoms. The Balaban J connectivity index is 2.04. The summed E-state index contributed by atoms with van der Waals surface area (Å²) in [6.45, 7) is 6.45. The van der Waals surface area contributed by atoms with Gasteiger partial charge in [-0.15, -0.1) is 0 Å². The Kier molecular flexibility index (Phi) is 5.84. The third-order valence-electron chi connectivity index (χ3n) is 4.38. The van der Waals surface area contributed by atoms with Gasteiger partial charge in [-0.3, -0.25) is 10.1 Å². The molecule has 0 unspecified atom stereocenters. The van der Waals surface area contributed by atoms with E-state index in [0.29, 0.717) is 12.3 Å². The van der Waals surface area contributed by atoms with Crippen LogP contribution in [0.15, 0.2) is 54.9 Å². The Labute approximate surface area is 163 Å². The third-order valence-corrected chi connectivity index (χ3v) is 4.38.